The van der Waals surface area contributed by atoms with Gasteiger partial charge < -0.3 is 0 Å². The number of alkyl halides is 1. The number of rotatable bonds is 5. The molecule has 2 aromatic rings. The van der Waals surface area contributed by atoms with Crippen LogP contribution in [0, 0.1) is 5.41 Å². The molecule has 0 saturated carbocycles. The van der Waals surface area contributed by atoms with Gasteiger partial charge >= 0.3 is 0 Å². The van der Waals surface area contributed by atoms with E-state index in [9.17, 15) is 13.2 Å². The van der Waals surface area contributed by atoms with Crippen LogP contribution in [-0.4, -0.2) is 19.0 Å². The van der Waals surface area contributed by atoms with Crippen molar-refractivity contribution in [2.45, 2.75) is 35.7 Å². The first-order valence-corrected chi connectivity index (χ1v) is 10.6. The number of hydrogen-bond acceptors (Lipinski definition) is 3. The molecular formula is C19H20BrClO3S. The van der Waals surface area contributed by atoms with Crippen LogP contribution in [0.15, 0.2) is 59.5 Å². The minimum Gasteiger partial charge on any atom is -0.298 e. The number of carbonyl (C=O) groups excluding carboxylic acids is 1. The number of Topliss-reactive ketones (excluding diaryl/α,β-unsaturated/α-hetero) is 1. The van der Waals surface area contributed by atoms with Gasteiger partial charge in [0.05, 0.1) is 9.72 Å². The molecule has 0 aliphatic rings. The topological polar surface area (TPSA) is 51.2 Å². The van der Waals surface area contributed by atoms with Crippen LogP contribution in [0.3, 0.4) is 0 Å². The van der Waals surface area contributed by atoms with Gasteiger partial charge in [0, 0.05) is 10.4 Å². The van der Waals surface area contributed by atoms with Crippen molar-refractivity contribution >= 4 is 43.2 Å². The molecule has 2 unspecified atom stereocenters. The molecule has 0 bridgehead atoms. The molecule has 0 heterocycles. The first-order valence-electron chi connectivity index (χ1n) is 7.78. The van der Waals surface area contributed by atoms with Crippen molar-refractivity contribution in [1.82, 2.24) is 0 Å². The second-order valence-electron chi connectivity index (χ2n) is 6.85. The Hall–Kier alpha value is -1.17. The van der Waals surface area contributed by atoms with E-state index in [0.29, 0.717) is 10.6 Å². The van der Waals surface area contributed by atoms with Crippen LogP contribution >= 0.6 is 27.5 Å². The maximum absolute atomic E-state index is 13.3. The zero-order valence-corrected chi connectivity index (χ0v) is 17.4. The van der Waals surface area contributed by atoms with E-state index in [-0.39, 0.29) is 10.7 Å². The van der Waals surface area contributed by atoms with Crippen molar-refractivity contribution in [3.63, 3.8) is 0 Å². The van der Waals surface area contributed by atoms with E-state index in [1.54, 1.807) is 75.4 Å². The average Bonchev–Trinajstić information content (AvgIpc) is 2.56. The van der Waals surface area contributed by atoms with Crippen LogP contribution in [0.4, 0.5) is 0 Å². The van der Waals surface area contributed by atoms with Crippen LogP contribution in [0.5, 0.6) is 0 Å². The van der Waals surface area contributed by atoms with Crippen LogP contribution in [0.25, 0.3) is 0 Å². The Morgan fingerprint density at radius 1 is 1.00 bits per heavy atom. The Bertz CT molecular complexity index is 840. The monoisotopic (exact) mass is 442 g/mol. The van der Waals surface area contributed by atoms with Gasteiger partial charge in [0.25, 0.3) is 0 Å². The molecule has 2 aromatic carbocycles. The maximum Gasteiger partial charge on any atom is 0.186 e. The lowest BCUT2D eigenvalue weighted by atomic mass is 9.87. The highest BCUT2D eigenvalue weighted by Crippen LogP contribution is 2.39. The summed E-state index contributed by atoms with van der Waals surface area (Å²) in [4.78, 5) is 12.1. The van der Waals surface area contributed by atoms with Gasteiger partial charge in [0.2, 0.25) is 0 Å². The molecule has 6 heteroatoms. The Labute approximate surface area is 162 Å². The fourth-order valence-corrected chi connectivity index (χ4v) is 6.22. The van der Waals surface area contributed by atoms with Gasteiger partial charge in [-0.15, -0.1) is 0 Å². The molecule has 0 spiro atoms. The maximum atomic E-state index is 13.3. The Morgan fingerprint density at radius 3 is 2.00 bits per heavy atom. The average molecular weight is 444 g/mol. The summed E-state index contributed by atoms with van der Waals surface area (Å²) in [6.45, 7) is 5.33. The third-order valence-electron chi connectivity index (χ3n) is 3.86. The Morgan fingerprint density at radius 2 is 1.52 bits per heavy atom. The van der Waals surface area contributed by atoms with E-state index >= 15 is 0 Å². The van der Waals surface area contributed by atoms with Crippen LogP contribution < -0.4 is 0 Å². The molecular weight excluding hydrogens is 424 g/mol. The van der Waals surface area contributed by atoms with Gasteiger partial charge in [-0.2, -0.15) is 0 Å². The number of carbonyl (C=O) groups is 1. The zero-order valence-electron chi connectivity index (χ0n) is 14.2. The summed E-state index contributed by atoms with van der Waals surface area (Å²) in [6, 6.07) is 14.7. The molecule has 134 valence electrons. The summed E-state index contributed by atoms with van der Waals surface area (Å²) in [6.07, 6.45) is 0. The largest absolute Gasteiger partial charge is 0.298 e. The van der Waals surface area contributed by atoms with E-state index in [1.807, 2.05) is 0 Å². The van der Waals surface area contributed by atoms with Crippen molar-refractivity contribution in [2.75, 3.05) is 0 Å². The highest BCUT2D eigenvalue weighted by molar-refractivity contribution is 9.10. The summed E-state index contributed by atoms with van der Waals surface area (Å²) >= 11 is 9.31. The Balaban J connectivity index is 2.61. The van der Waals surface area contributed by atoms with Crippen LogP contribution in [0.1, 0.15) is 31.6 Å². The lowest BCUT2D eigenvalue weighted by Gasteiger charge is -2.27. The van der Waals surface area contributed by atoms with Gasteiger partial charge in [-0.25, -0.2) is 8.42 Å². The standard InChI is InChI=1S/C19H20BrClO3S/c1-19(2,3)18(22)16(20)17(13-9-11-14(21)12-10-13)25(23,24)15-7-5-4-6-8-15/h4-12,16-17H,1-3H3. The Kier molecular flexibility index (Phi) is 6.13. The predicted octanol–water partition coefficient (Wildman–Crippen LogP) is 5.23. The van der Waals surface area contributed by atoms with Crippen molar-refractivity contribution < 1.29 is 13.2 Å². The number of halogens is 2. The second-order valence-corrected chi connectivity index (χ2v) is 10.3. The SMILES string of the molecule is CC(C)(C)C(=O)C(Br)C(c1ccc(Cl)cc1)S(=O)(=O)c1ccccc1. The normalized spacial score (nSPS) is 14.8. The third kappa shape index (κ3) is 4.52. The van der Waals surface area contributed by atoms with E-state index in [4.69, 9.17) is 11.6 Å². The first kappa shape index (κ1) is 20.1. The lowest BCUT2D eigenvalue weighted by Crippen LogP contribution is -2.36. The quantitative estimate of drug-likeness (QED) is 0.594. The molecule has 0 amide bonds. The number of ketones is 1. The van der Waals surface area contributed by atoms with E-state index in [0.717, 1.165) is 0 Å². The summed E-state index contributed by atoms with van der Waals surface area (Å²) in [5.41, 5.74) is -0.155. The van der Waals surface area contributed by atoms with E-state index in [2.05, 4.69) is 15.9 Å². The predicted molar refractivity (Wildman–Crippen MR) is 105 cm³/mol. The van der Waals surface area contributed by atoms with Gasteiger partial charge in [0.15, 0.2) is 15.6 Å². The van der Waals surface area contributed by atoms with Crippen molar-refractivity contribution in [2.24, 2.45) is 5.41 Å². The van der Waals surface area contributed by atoms with Gasteiger partial charge in [-0.1, -0.05) is 78.6 Å². The molecule has 0 aromatic heterocycles. The highest BCUT2D eigenvalue weighted by atomic mass is 79.9. The summed E-state index contributed by atoms with van der Waals surface area (Å²) in [5.74, 6) is -0.174. The molecule has 0 saturated heterocycles. The molecule has 0 fully saturated rings. The van der Waals surface area contributed by atoms with Gasteiger partial charge in [-0.3, -0.25) is 4.79 Å². The fraction of sp³-hybridized carbons (Fsp3) is 0.316. The smallest absolute Gasteiger partial charge is 0.186 e. The molecule has 2 rings (SSSR count). The van der Waals surface area contributed by atoms with Crippen molar-refractivity contribution in [3.8, 4) is 0 Å². The van der Waals surface area contributed by atoms with Crippen LogP contribution in [0.2, 0.25) is 5.02 Å². The van der Waals surface area contributed by atoms with Crippen molar-refractivity contribution in [3.05, 3.63) is 65.2 Å². The molecule has 0 N–H and O–H groups in total. The summed E-state index contributed by atoms with van der Waals surface area (Å²) < 4.78 is 26.6. The molecule has 0 radical (unpaired) electrons. The lowest BCUT2D eigenvalue weighted by molar-refractivity contribution is -0.125. The highest BCUT2D eigenvalue weighted by Gasteiger charge is 2.41. The molecule has 0 aliphatic carbocycles. The van der Waals surface area contributed by atoms with Gasteiger partial charge in [-0.05, 0) is 29.8 Å². The van der Waals surface area contributed by atoms with Crippen molar-refractivity contribution in [1.29, 1.82) is 0 Å². The summed E-state index contributed by atoms with van der Waals surface area (Å²) in [7, 11) is -3.78. The number of sulfone groups is 1. The summed E-state index contributed by atoms with van der Waals surface area (Å²) in [5, 5.41) is -0.535. The fourth-order valence-electron chi connectivity index (χ4n) is 2.47. The molecule has 3 nitrogen and oxygen atoms in total. The molecule has 0 aliphatic heterocycles. The number of hydrogen-bond donors (Lipinski definition) is 0. The number of benzene rings is 2. The third-order valence-corrected chi connectivity index (χ3v) is 7.55. The second kappa shape index (κ2) is 7.60. The zero-order chi connectivity index (χ0) is 18.8. The van der Waals surface area contributed by atoms with E-state index < -0.39 is 25.3 Å². The molecule has 25 heavy (non-hydrogen) atoms. The van der Waals surface area contributed by atoms with Crippen LogP contribution in [-0.2, 0) is 14.6 Å². The molecule has 2 atom stereocenters. The minimum absolute atomic E-state index is 0.174. The first-order chi connectivity index (χ1) is 11.5. The minimum atomic E-state index is -3.78. The van der Waals surface area contributed by atoms with E-state index in [1.165, 1.54) is 0 Å². The van der Waals surface area contributed by atoms with Gasteiger partial charge in [0.1, 0.15) is 5.25 Å².